The summed E-state index contributed by atoms with van der Waals surface area (Å²) in [6.45, 7) is 6.33. The quantitative estimate of drug-likeness (QED) is 0.780. The zero-order valence-corrected chi connectivity index (χ0v) is 13.4. The largest absolute Gasteiger partial charge is 0.392 e. The van der Waals surface area contributed by atoms with Gasteiger partial charge in [-0.3, -0.25) is 4.90 Å². The first kappa shape index (κ1) is 16.8. The van der Waals surface area contributed by atoms with Crippen molar-refractivity contribution in [3.63, 3.8) is 0 Å². The van der Waals surface area contributed by atoms with Crippen molar-refractivity contribution in [3.8, 4) is 0 Å². The fraction of sp³-hybridized carbons (Fsp3) is 0.588. The summed E-state index contributed by atoms with van der Waals surface area (Å²) in [5.74, 6) is 0. The Morgan fingerprint density at radius 2 is 1.91 bits per heavy atom. The Morgan fingerprint density at radius 3 is 2.55 bits per heavy atom. The van der Waals surface area contributed by atoms with Crippen LogP contribution in [0.3, 0.4) is 0 Å². The van der Waals surface area contributed by atoms with Gasteiger partial charge in [0, 0.05) is 39.3 Å². The molecule has 1 aromatic rings. The summed E-state index contributed by atoms with van der Waals surface area (Å²) in [7, 11) is 0. The van der Waals surface area contributed by atoms with Gasteiger partial charge in [0.25, 0.3) is 0 Å². The number of carbonyl (C=O) groups excluding carboxylic acids is 1. The van der Waals surface area contributed by atoms with E-state index in [1.165, 1.54) is 5.56 Å². The number of hydrogen-bond acceptors (Lipinski definition) is 3. The van der Waals surface area contributed by atoms with Crippen LogP contribution in [0.4, 0.5) is 4.79 Å². The molecule has 1 aliphatic rings. The van der Waals surface area contributed by atoms with E-state index >= 15 is 0 Å². The van der Waals surface area contributed by atoms with Crippen LogP contribution in [0.25, 0.3) is 0 Å². The van der Waals surface area contributed by atoms with Gasteiger partial charge < -0.3 is 15.3 Å². The third-order valence-corrected chi connectivity index (χ3v) is 3.94. The van der Waals surface area contributed by atoms with E-state index in [-0.39, 0.29) is 12.1 Å². The molecular weight excluding hydrogens is 278 g/mol. The summed E-state index contributed by atoms with van der Waals surface area (Å²) in [4.78, 5) is 16.1. The maximum atomic E-state index is 12.1. The number of amides is 2. The van der Waals surface area contributed by atoms with Crippen molar-refractivity contribution in [3.05, 3.63) is 35.9 Å². The van der Waals surface area contributed by atoms with E-state index in [0.717, 1.165) is 39.0 Å². The van der Waals surface area contributed by atoms with Crippen molar-refractivity contribution in [1.29, 1.82) is 0 Å². The average Bonchev–Trinajstić information content (AvgIpc) is 2.52. The van der Waals surface area contributed by atoms with Crippen molar-refractivity contribution in [2.45, 2.75) is 25.9 Å². The third kappa shape index (κ3) is 5.66. The van der Waals surface area contributed by atoms with Crippen molar-refractivity contribution in [2.75, 3.05) is 39.3 Å². The summed E-state index contributed by atoms with van der Waals surface area (Å²) in [6.07, 6.45) is 1.64. The monoisotopic (exact) mass is 305 g/mol. The highest BCUT2D eigenvalue weighted by atomic mass is 16.3. The van der Waals surface area contributed by atoms with E-state index in [2.05, 4.69) is 22.3 Å². The predicted octanol–water partition coefficient (Wildman–Crippen LogP) is 1.33. The summed E-state index contributed by atoms with van der Waals surface area (Å²) < 4.78 is 0. The molecule has 5 nitrogen and oxygen atoms in total. The molecule has 5 heteroatoms. The molecule has 0 bridgehead atoms. The molecule has 1 saturated heterocycles. The molecule has 2 rings (SSSR count). The van der Waals surface area contributed by atoms with E-state index < -0.39 is 0 Å². The molecule has 1 fully saturated rings. The molecule has 1 atom stereocenters. The minimum Gasteiger partial charge on any atom is -0.392 e. The smallest absolute Gasteiger partial charge is 0.317 e. The molecule has 0 radical (unpaired) electrons. The summed E-state index contributed by atoms with van der Waals surface area (Å²) in [5.41, 5.74) is 1.31. The van der Waals surface area contributed by atoms with E-state index in [0.29, 0.717) is 13.1 Å². The maximum Gasteiger partial charge on any atom is 0.317 e. The lowest BCUT2D eigenvalue weighted by molar-refractivity contribution is 0.0898. The Kier molecular flexibility index (Phi) is 6.68. The van der Waals surface area contributed by atoms with Crippen LogP contribution in [0.5, 0.6) is 0 Å². The number of nitrogens with one attached hydrogen (secondary N) is 1. The number of β-amino-alcohol motifs (C(OH)–C–C–N with tert-alkyl or cyclic N) is 1. The Labute approximate surface area is 132 Å². The second kappa shape index (κ2) is 8.76. The lowest BCUT2D eigenvalue weighted by Crippen LogP contribution is -2.52. The number of piperazine rings is 1. The van der Waals surface area contributed by atoms with Crippen LogP contribution in [-0.2, 0) is 6.42 Å². The first-order valence-electron chi connectivity index (χ1n) is 8.12. The zero-order valence-electron chi connectivity index (χ0n) is 13.4. The highest BCUT2D eigenvalue weighted by Gasteiger charge is 2.21. The number of hydrogen-bond donors (Lipinski definition) is 2. The van der Waals surface area contributed by atoms with Crippen LogP contribution < -0.4 is 5.32 Å². The van der Waals surface area contributed by atoms with Gasteiger partial charge in [-0.25, -0.2) is 4.79 Å². The highest BCUT2D eigenvalue weighted by Crippen LogP contribution is 2.04. The van der Waals surface area contributed by atoms with Gasteiger partial charge in [-0.15, -0.1) is 0 Å². The highest BCUT2D eigenvalue weighted by molar-refractivity contribution is 5.74. The van der Waals surface area contributed by atoms with Gasteiger partial charge in [-0.2, -0.15) is 0 Å². The van der Waals surface area contributed by atoms with Crippen LogP contribution in [0.2, 0.25) is 0 Å². The molecule has 122 valence electrons. The SMILES string of the molecule is C[C@@H](O)CN1CCN(C(=O)NCCCc2ccccc2)CC1. The Hall–Kier alpha value is -1.59. The van der Waals surface area contributed by atoms with Gasteiger partial charge in [0.15, 0.2) is 0 Å². The normalized spacial score (nSPS) is 17.3. The van der Waals surface area contributed by atoms with Crippen molar-refractivity contribution >= 4 is 6.03 Å². The van der Waals surface area contributed by atoms with Gasteiger partial charge in [0.2, 0.25) is 0 Å². The number of benzene rings is 1. The van der Waals surface area contributed by atoms with Crippen molar-refractivity contribution in [2.24, 2.45) is 0 Å². The zero-order chi connectivity index (χ0) is 15.8. The maximum absolute atomic E-state index is 12.1. The fourth-order valence-corrected chi connectivity index (χ4v) is 2.75. The molecule has 0 spiro atoms. The molecule has 0 aliphatic carbocycles. The Balaban J connectivity index is 1.60. The molecule has 1 aromatic carbocycles. The van der Waals surface area contributed by atoms with Gasteiger partial charge in [-0.1, -0.05) is 30.3 Å². The van der Waals surface area contributed by atoms with E-state index in [9.17, 15) is 9.90 Å². The Bertz CT molecular complexity index is 442. The average molecular weight is 305 g/mol. The van der Waals surface area contributed by atoms with Crippen LogP contribution in [-0.4, -0.2) is 66.3 Å². The second-order valence-electron chi connectivity index (χ2n) is 5.96. The second-order valence-corrected chi connectivity index (χ2v) is 5.96. The molecule has 0 aromatic heterocycles. The van der Waals surface area contributed by atoms with E-state index in [1.54, 1.807) is 6.92 Å². The third-order valence-electron chi connectivity index (χ3n) is 3.94. The lowest BCUT2D eigenvalue weighted by Gasteiger charge is -2.35. The summed E-state index contributed by atoms with van der Waals surface area (Å²) >= 11 is 0. The number of urea groups is 1. The number of rotatable bonds is 6. The number of aliphatic hydroxyl groups is 1. The van der Waals surface area contributed by atoms with Crippen LogP contribution in [0, 0.1) is 0 Å². The fourth-order valence-electron chi connectivity index (χ4n) is 2.75. The number of carbonyl (C=O) groups is 1. The molecular formula is C17H27N3O2. The summed E-state index contributed by atoms with van der Waals surface area (Å²) in [6, 6.07) is 10.4. The van der Waals surface area contributed by atoms with Crippen LogP contribution in [0.1, 0.15) is 18.9 Å². The van der Waals surface area contributed by atoms with Gasteiger partial charge in [0.1, 0.15) is 0 Å². The van der Waals surface area contributed by atoms with E-state index in [4.69, 9.17) is 0 Å². The molecule has 0 unspecified atom stereocenters. The molecule has 2 amide bonds. The number of aliphatic hydroxyl groups excluding tert-OH is 1. The van der Waals surface area contributed by atoms with Crippen LogP contribution >= 0.6 is 0 Å². The molecule has 22 heavy (non-hydrogen) atoms. The molecule has 1 heterocycles. The van der Waals surface area contributed by atoms with Crippen molar-refractivity contribution in [1.82, 2.24) is 15.1 Å². The molecule has 1 aliphatic heterocycles. The van der Waals surface area contributed by atoms with Crippen molar-refractivity contribution < 1.29 is 9.90 Å². The molecule has 0 saturated carbocycles. The lowest BCUT2D eigenvalue weighted by atomic mass is 10.1. The topological polar surface area (TPSA) is 55.8 Å². The standard InChI is InChI=1S/C17H27N3O2/c1-15(21)14-19-10-12-20(13-11-19)17(22)18-9-5-8-16-6-3-2-4-7-16/h2-4,6-7,15,21H,5,8-14H2,1H3,(H,18,22)/t15-/m1/s1. The van der Waals surface area contributed by atoms with Crippen LogP contribution in [0.15, 0.2) is 30.3 Å². The predicted molar refractivity (Wildman–Crippen MR) is 87.9 cm³/mol. The first-order valence-corrected chi connectivity index (χ1v) is 8.12. The number of nitrogens with zero attached hydrogens (tertiary/aromatic N) is 2. The van der Waals surface area contributed by atoms with E-state index in [1.807, 2.05) is 23.1 Å². The Morgan fingerprint density at radius 1 is 1.23 bits per heavy atom. The molecule has 2 N–H and O–H groups in total. The van der Waals surface area contributed by atoms with Gasteiger partial charge >= 0.3 is 6.03 Å². The minimum atomic E-state index is -0.307. The van der Waals surface area contributed by atoms with Gasteiger partial charge in [-0.05, 0) is 25.3 Å². The summed E-state index contributed by atoms with van der Waals surface area (Å²) in [5, 5.41) is 12.4. The first-order chi connectivity index (χ1) is 10.6. The van der Waals surface area contributed by atoms with Gasteiger partial charge in [0.05, 0.1) is 6.10 Å². The minimum absolute atomic E-state index is 0.0322. The number of aryl methyl sites for hydroxylation is 1.